The Morgan fingerprint density at radius 3 is 2.58 bits per heavy atom. The predicted octanol–water partition coefficient (Wildman–Crippen LogP) is 3.65. The van der Waals surface area contributed by atoms with Crippen molar-refractivity contribution in [1.29, 1.82) is 0 Å². The lowest BCUT2D eigenvalue weighted by atomic mass is 10.2. The molecule has 26 heavy (non-hydrogen) atoms. The van der Waals surface area contributed by atoms with E-state index in [9.17, 15) is 31.5 Å². The van der Waals surface area contributed by atoms with E-state index in [1.54, 1.807) is 0 Å². The molecule has 1 heterocycles. The minimum Gasteiger partial charge on any atom is -0.434 e. The fourth-order valence-electron chi connectivity index (χ4n) is 1.90. The van der Waals surface area contributed by atoms with E-state index in [1.807, 2.05) is 10.3 Å². The van der Waals surface area contributed by atoms with E-state index < -0.39 is 35.5 Å². The molecule has 0 aliphatic heterocycles. The zero-order chi connectivity index (χ0) is 19.3. The molecule has 0 aliphatic carbocycles. The van der Waals surface area contributed by atoms with Gasteiger partial charge in [0.2, 0.25) is 5.91 Å². The summed E-state index contributed by atoms with van der Waals surface area (Å²) in [7, 11) is 0. The number of alkyl halides is 5. The number of para-hydroxylation sites is 1. The molecule has 1 aromatic carbocycles. The number of aromatic amines is 1. The van der Waals surface area contributed by atoms with Crippen LogP contribution in [0.15, 0.2) is 47.4 Å². The number of aromatic nitrogens is 1. The quantitative estimate of drug-likeness (QED) is 0.620. The molecular weight excluding hydrogens is 363 g/mol. The fraction of sp³-hybridized carbons (Fsp3) is 0.125. The number of benzene rings is 1. The van der Waals surface area contributed by atoms with Crippen molar-refractivity contribution in [2.75, 3.05) is 5.32 Å². The molecular formula is C16H11F5N2O3. The fourth-order valence-corrected chi connectivity index (χ4v) is 1.90. The molecule has 0 saturated carbocycles. The lowest BCUT2D eigenvalue weighted by Gasteiger charge is -2.08. The number of amides is 1. The molecule has 0 aliphatic rings. The maximum atomic E-state index is 12.6. The highest BCUT2D eigenvalue weighted by atomic mass is 19.4. The molecule has 0 bridgehead atoms. The predicted molar refractivity (Wildman–Crippen MR) is 82.8 cm³/mol. The molecule has 1 amide bonds. The van der Waals surface area contributed by atoms with Crippen LogP contribution in [0.5, 0.6) is 5.75 Å². The summed E-state index contributed by atoms with van der Waals surface area (Å²) in [4.78, 5) is 25.2. The van der Waals surface area contributed by atoms with Crippen molar-refractivity contribution in [3.8, 4) is 5.75 Å². The average molecular weight is 374 g/mol. The average Bonchev–Trinajstić information content (AvgIpc) is 2.54. The summed E-state index contributed by atoms with van der Waals surface area (Å²) in [6.07, 6.45) is -2.24. The third kappa shape index (κ3) is 5.16. The topological polar surface area (TPSA) is 71.2 Å². The Morgan fingerprint density at radius 2 is 1.92 bits per heavy atom. The van der Waals surface area contributed by atoms with Gasteiger partial charge in [-0.3, -0.25) is 9.59 Å². The maximum Gasteiger partial charge on any atom is 0.417 e. The second-order valence-electron chi connectivity index (χ2n) is 4.87. The number of H-pyrrole nitrogens is 1. The molecule has 5 nitrogen and oxygen atoms in total. The largest absolute Gasteiger partial charge is 0.434 e. The first-order chi connectivity index (χ1) is 12.2. The molecule has 0 fully saturated rings. The van der Waals surface area contributed by atoms with E-state index in [1.165, 1.54) is 24.3 Å². The zero-order valence-electron chi connectivity index (χ0n) is 12.8. The van der Waals surface area contributed by atoms with E-state index in [0.717, 1.165) is 12.2 Å². The van der Waals surface area contributed by atoms with Crippen LogP contribution >= 0.6 is 0 Å². The summed E-state index contributed by atoms with van der Waals surface area (Å²) < 4.78 is 66.8. The van der Waals surface area contributed by atoms with E-state index >= 15 is 0 Å². The normalized spacial score (nSPS) is 11.8. The van der Waals surface area contributed by atoms with E-state index in [-0.39, 0.29) is 11.3 Å². The number of hydrogen-bond acceptors (Lipinski definition) is 3. The van der Waals surface area contributed by atoms with Gasteiger partial charge >= 0.3 is 12.8 Å². The molecule has 0 unspecified atom stereocenters. The number of halogens is 5. The van der Waals surface area contributed by atoms with Crippen LogP contribution in [-0.2, 0) is 11.0 Å². The van der Waals surface area contributed by atoms with E-state index in [4.69, 9.17) is 0 Å². The van der Waals surface area contributed by atoms with Crippen LogP contribution < -0.4 is 15.6 Å². The van der Waals surface area contributed by atoms with Gasteiger partial charge in [-0.15, -0.1) is 0 Å². The second-order valence-corrected chi connectivity index (χ2v) is 4.87. The maximum absolute atomic E-state index is 12.6. The number of anilines is 1. The van der Waals surface area contributed by atoms with Crippen molar-refractivity contribution in [2.45, 2.75) is 12.8 Å². The Bertz CT molecular complexity index is 875. The highest BCUT2D eigenvalue weighted by Gasteiger charge is 2.31. The lowest BCUT2D eigenvalue weighted by molar-refractivity contribution is -0.137. The standard InChI is InChI=1S/C16H11F5N2O3/c17-15(18)26-12-4-2-1-3-9(12)5-6-13(24)23-11-7-10(16(19,20)21)8-22-14(11)25/h1-8,15H,(H,22,25)(H,23,24). The van der Waals surface area contributed by atoms with Crippen LogP contribution in [0.2, 0.25) is 0 Å². The highest BCUT2D eigenvalue weighted by molar-refractivity contribution is 6.02. The van der Waals surface area contributed by atoms with Crippen molar-refractivity contribution in [3.63, 3.8) is 0 Å². The highest BCUT2D eigenvalue weighted by Crippen LogP contribution is 2.29. The van der Waals surface area contributed by atoms with Gasteiger partial charge in [0.1, 0.15) is 11.4 Å². The van der Waals surface area contributed by atoms with Gasteiger partial charge in [0.05, 0.1) is 5.56 Å². The monoisotopic (exact) mass is 374 g/mol. The smallest absolute Gasteiger partial charge is 0.417 e. The van der Waals surface area contributed by atoms with Crippen molar-refractivity contribution in [1.82, 2.24) is 4.98 Å². The lowest BCUT2D eigenvalue weighted by Crippen LogP contribution is -2.20. The van der Waals surface area contributed by atoms with Crippen molar-refractivity contribution in [3.05, 3.63) is 64.1 Å². The number of carbonyl (C=O) groups is 1. The van der Waals surface area contributed by atoms with Crippen LogP contribution in [0.1, 0.15) is 11.1 Å². The minimum atomic E-state index is -4.70. The van der Waals surface area contributed by atoms with E-state index in [0.29, 0.717) is 12.3 Å². The van der Waals surface area contributed by atoms with Crippen molar-refractivity contribution >= 4 is 17.7 Å². The van der Waals surface area contributed by atoms with Crippen LogP contribution in [0.4, 0.5) is 27.6 Å². The molecule has 138 valence electrons. The Hall–Kier alpha value is -3.17. The van der Waals surface area contributed by atoms with Crippen LogP contribution in [-0.4, -0.2) is 17.5 Å². The number of carbonyl (C=O) groups excluding carboxylic acids is 1. The van der Waals surface area contributed by atoms with Gasteiger partial charge < -0.3 is 15.0 Å². The Kier molecular flexibility index (Phi) is 5.75. The number of ether oxygens (including phenoxy) is 1. The second kappa shape index (κ2) is 7.81. The Labute approximate surface area is 143 Å². The Balaban J connectivity index is 2.17. The molecule has 10 heteroatoms. The van der Waals surface area contributed by atoms with Gasteiger partial charge in [0, 0.05) is 17.8 Å². The van der Waals surface area contributed by atoms with Gasteiger partial charge in [-0.25, -0.2) is 0 Å². The summed E-state index contributed by atoms with van der Waals surface area (Å²) in [5, 5.41) is 1.99. The third-order valence-corrected chi connectivity index (χ3v) is 3.04. The van der Waals surface area contributed by atoms with Gasteiger partial charge in [-0.2, -0.15) is 22.0 Å². The first-order valence-corrected chi connectivity index (χ1v) is 6.99. The van der Waals surface area contributed by atoms with Crippen LogP contribution in [0.3, 0.4) is 0 Å². The summed E-state index contributed by atoms with van der Waals surface area (Å²) >= 11 is 0. The third-order valence-electron chi connectivity index (χ3n) is 3.04. The Morgan fingerprint density at radius 1 is 1.23 bits per heavy atom. The molecule has 1 aromatic heterocycles. The van der Waals surface area contributed by atoms with Crippen molar-refractivity contribution in [2.24, 2.45) is 0 Å². The minimum absolute atomic E-state index is 0.140. The van der Waals surface area contributed by atoms with Gasteiger partial charge in [-0.1, -0.05) is 18.2 Å². The number of rotatable bonds is 5. The molecule has 0 saturated heterocycles. The van der Waals surface area contributed by atoms with Gasteiger partial charge in [0.15, 0.2) is 0 Å². The first-order valence-electron chi connectivity index (χ1n) is 6.99. The summed E-state index contributed by atoms with van der Waals surface area (Å²) in [6.45, 7) is -3.07. The summed E-state index contributed by atoms with van der Waals surface area (Å²) in [5.41, 5.74) is -2.54. The molecule has 0 atom stereocenters. The zero-order valence-corrected chi connectivity index (χ0v) is 12.8. The van der Waals surface area contributed by atoms with E-state index in [2.05, 4.69) is 4.74 Å². The molecule has 2 rings (SSSR count). The number of nitrogens with one attached hydrogen (secondary N) is 2. The van der Waals surface area contributed by atoms with Crippen LogP contribution in [0.25, 0.3) is 6.08 Å². The molecule has 0 radical (unpaired) electrons. The van der Waals surface area contributed by atoms with Crippen molar-refractivity contribution < 1.29 is 31.5 Å². The number of pyridine rings is 1. The first kappa shape index (κ1) is 19.2. The summed E-state index contributed by atoms with van der Waals surface area (Å²) in [6, 6.07) is 6.07. The van der Waals surface area contributed by atoms with Crippen LogP contribution in [0, 0.1) is 0 Å². The SMILES string of the molecule is O=C(C=Cc1ccccc1OC(F)F)Nc1cc(C(F)(F)F)c[nH]c1=O. The van der Waals surface area contributed by atoms with Gasteiger partial charge in [0.25, 0.3) is 5.56 Å². The summed E-state index contributed by atoms with van der Waals surface area (Å²) in [5.74, 6) is -1.12. The number of hydrogen-bond donors (Lipinski definition) is 2. The molecule has 2 N–H and O–H groups in total. The molecule has 0 spiro atoms. The van der Waals surface area contributed by atoms with Gasteiger partial charge in [-0.05, 0) is 18.2 Å². The molecule has 2 aromatic rings.